The van der Waals surface area contributed by atoms with E-state index < -0.39 is 6.09 Å². The Morgan fingerprint density at radius 2 is 2.17 bits per heavy atom. The molecule has 2 unspecified atom stereocenters. The van der Waals surface area contributed by atoms with Gasteiger partial charge in [0, 0.05) is 24.2 Å². The third-order valence-electron chi connectivity index (χ3n) is 5.19. The van der Waals surface area contributed by atoms with E-state index in [2.05, 4.69) is 44.0 Å². The first kappa shape index (κ1) is 16.9. The number of amides is 1. The van der Waals surface area contributed by atoms with Gasteiger partial charge < -0.3 is 20.1 Å². The third kappa shape index (κ3) is 3.04. The van der Waals surface area contributed by atoms with E-state index in [1.54, 1.807) is 0 Å². The topological polar surface area (TPSA) is 61.8 Å². The number of carboxylic acid groups (broad SMARTS) is 1. The van der Waals surface area contributed by atoms with Crippen molar-refractivity contribution in [3.63, 3.8) is 0 Å². The average molecular weight is 332 g/mol. The molecule has 3 atom stereocenters. The number of anilines is 1. The molecule has 0 radical (unpaired) electrons. The van der Waals surface area contributed by atoms with Crippen LogP contribution in [-0.2, 0) is 6.42 Å². The van der Waals surface area contributed by atoms with Gasteiger partial charge in [0.05, 0.1) is 12.1 Å². The molecule has 0 spiro atoms. The van der Waals surface area contributed by atoms with Gasteiger partial charge in [-0.05, 0) is 30.4 Å². The number of rotatable bonds is 3. The van der Waals surface area contributed by atoms with Gasteiger partial charge in [-0.3, -0.25) is 0 Å². The molecule has 0 saturated carbocycles. The fraction of sp³-hybridized carbons (Fsp3) is 0.632. The van der Waals surface area contributed by atoms with Gasteiger partial charge in [-0.1, -0.05) is 33.8 Å². The van der Waals surface area contributed by atoms with Crippen molar-refractivity contribution >= 4 is 11.8 Å². The summed E-state index contributed by atoms with van der Waals surface area (Å²) in [5.74, 6) is 0.988. The van der Waals surface area contributed by atoms with E-state index in [9.17, 15) is 9.90 Å². The van der Waals surface area contributed by atoms with Crippen LogP contribution in [0.5, 0.6) is 5.75 Å². The van der Waals surface area contributed by atoms with Crippen LogP contribution in [0, 0.1) is 5.41 Å². The molecule has 24 heavy (non-hydrogen) atoms. The second-order valence-electron chi connectivity index (χ2n) is 7.95. The maximum absolute atomic E-state index is 11.2. The predicted molar refractivity (Wildman–Crippen MR) is 95.0 cm³/mol. The van der Waals surface area contributed by atoms with E-state index in [0.717, 1.165) is 31.6 Å². The summed E-state index contributed by atoms with van der Waals surface area (Å²) in [6.07, 6.45) is 2.08. The van der Waals surface area contributed by atoms with Crippen molar-refractivity contribution in [1.82, 2.24) is 5.32 Å². The van der Waals surface area contributed by atoms with Gasteiger partial charge in [-0.15, -0.1) is 0 Å². The van der Waals surface area contributed by atoms with Crippen LogP contribution in [0.15, 0.2) is 18.2 Å². The lowest BCUT2D eigenvalue weighted by Crippen LogP contribution is -2.51. The molecule has 2 aliphatic rings. The first-order valence-corrected chi connectivity index (χ1v) is 8.86. The molecule has 1 aromatic rings. The second-order valence-corrected chi connectivity index (χ2v) is 7.95. The standard InChI is InChI=1S/C19H28N2O3/c1-5-12-11-13-15(7-6-8-16(13)24-12)21-10-9-14(20-18(22)23)17(21)19(2,3)4/h6-8,12,14,17,20H,5,9-11H2,1-4H3,(H,22,23)/t12?,14-,17?/m0/s1. The Labute approximate surface area is 144 Å². The molecule has 1 amide bonds. The highest BCUT2D eigenvalue weighted by atomic mass is 16.5. The number of benzene rings is 1. The van der Waals surface area contributed by atoms with Crippen LogP contribution in [0.25, 0.3) is 0 Å². The molecule has 0 bridgehead atoms. The molecule has 1 aromatic carbocycles. The molecule has 5 heteroatoms. The summed E-state index contributed by atoms with van der Waals surface area (Å²) in [5, 5.41) is 11.9. The fourth-order valence-corrected chi connectivity index (χ4v) is 4.26. The number of hydrogen-bond acceptors (Lipinski definition) is 3. The van der Waals surface area contributed by atoms with Crippen molar-refractivity contribution in [2.75, 3.05) is 11.4 Å². The van der Waals surface area contributed by atoms with Crippen molar-refractivity contribution in [3.8, 4) is 5.75 Å². The number of fused-ring (bicyclic) bond motifs is 1. The molecule has 2 heterocycles. The highest BCUT2D eigenvalue weighted by molar-refractivity contribution is 5.67. The molecule has 5 nitrogen and oxygen atoms in total. The van der Waals surface area contributed by atoms with Crippen molar-refractivity contribution in [3.05, 3.63) is 23.8 Å². The SMILES string of the molecule is CCC1Cc2c(cccc2N2CC[C@H](NC(=O)O)C2C(C)(C)C)O1. The van der Waals surface area contributed by atoms with Gasteiger partial charge in [-0.25, -0.2) is 4.79 Å². The zero-order valence-electron chi connectivity index (χ0n) is 15.0. The van der Waals surface area contributed by atoms with Gasteiger partial charge in [0.2, 0.25) is 0 Å². The lowest BCUT2D eigenvalue weighted by atomic mass is 9.82. The summed E-state index contributed by atoms with van der Waals surface area (Å²) < 4.78 is 6.03. The molecule has 132 valence electrons. The van der Waals surface area contributed by atoms with E-state index in [4.69, 9.17) is 4.74 Å². The highest BCUT2D eigenvalue weighted by Crippen LogP contribution is 2.42. The van der Waals surface area contributed by atoms with Crippen molar-refractivity contribution in [1.29, 1.82) is 0 Å². The van der Waals surface area contributed by atoms with Crippen LogP contribution in [0.1, 0.15) is 46.1 Å². The first-order valence-electron chi connectivity index (χ1n) is 8.86. The quantitative estimate of drug-likeness (QED) is 0.887. The van der Waals surface area contributed by atoms with Crippen LogP contribution in [0.4, 0.5) is 10.5 Å². The summed E-state index contributed by atoms with van der Waals surface area (Å²) >= 11 is 0. The van der Waals surface area contributed by atoms with Gasteiger partial charge in [0.1, 0.15) is 11.9 Å². The van der Waals surface area contributed by atoms with Gasteiger partial charge in [0.15, 0.2) is 0 Å². The molecular formula is C19H28N2O3. The molecule has 3 rings (SSSR count). The zero-order valence-corrected chi connectivity index (χ0v) is 15.0. The van der Waals surface area contributed by atoms with Crippen molar-refractivity contribution in [2.45, 2.75) is 65.1 Å². The monoisotopic (exact) mass is 332 g/mol. The maximum Gasteiger partial charge on any atom is 0.404 e. The number of carbonyl (C=O) groups is 1. The fourth-order valence-electron chi connectivity index (χ4n) is 4.26. The Balaban J connectivity index is 1.95. The highest BCUT2D eigenvalue weighted by Gasteiger charge is 2.43. The smallest absolute Gasteiger partial charge is 0.404 e. The first-order chi connectivity index (χ1) is 11.3. The lowest BCUT2D eigenvalue weighted by molar-refractivity contribution is 0.182. The van der Waals surface area contributed by atoms with Crippen LogP contribution >= 0.6 is 0 Å². The average Bonchev–Trinajstić information content (AvgIpc) is 3.08. The third-order valence-corrected chi connectivity index (χ3v) is 5.19. The Kier molecular flexibility index (Phi) is 4.37. The normalized spacial score (nSPS) is 26.2. The van der Waals surface area contributed by atoms with E-state index in [1.807, 2.05) is 12.1 Å². The zero-order chi connectivity index (χ0) is 17.5. The van der Waals surface area contributed by atoms with E-state index in [-0.39, 0.29) is 23.6 Å². The summed E-state index contributed by atoms with van der Waals surface area (Å²) in [7, 11) is 0. The summed E-state index contributed by atoms with van der Waals surface area (Å²) in [6.45, 7) is 9.56. The number of nitrogens with one attached hydrogen (secondary N) is 1. The Morgan fingerprint density at radius 3 is 2.79 bits per heavy atom. The van der Waals surface area contributed by atoms with Crippen molar-refractivity contribution in [2.24, 2.45) is 5.41 Å². The minimum Gasteiger partial charge on any atom is -0.490 e. The largest absolute Gasteiger partial charge is 0.490 e. The summed E-state index contributed by atoms with van der Waals surface area (Å²) in [4.78, 5) is 13.6. The van der Waals surface area contributed by atoms with Gasteiger partial charge in [0.25, 0.3) is 0 Å². The molecule has 0 aliphatic carbocycles. The number of ether oxygens (including phenoxy) is 1. The number of nitrogens with zero attached hydrogens (tertiary/aromatic N) is 1. The van der Waals surface area contributed by atoms with E-state index in [1.165, 1.54) is 11.3 Å². The maximum atomic E-state index is 11.2. The summed E-state index contributed by atoms with van der Waals surface area (Å²) in [6, 6.07) is 6.32. The molecule has 2 N–H and O–H groups in total. The second kappa shape index (κ2) is 6.19. The van der Waals surface area contributed by atoms with E-state index >= 15 is 0 Å². The number of hydrogen-bond donors (Lipinski definition) is 2. The molecular weight excluding hydrogens is 304 g/mol. The Bertz CT molecular complexity index is 624. The van der Waals surface area contributed by atoms with Gasteiger partial charge in [-0.2, -0.15) is 0 Å². The Hall–Kier alpha value is -1.91. The van der Waals surface area contributed by atoms with Crippen molar-refractivity contribution < 1.29 is 14.6 Å². The van der Waals surface area contributed by atoms with Crippen LogP contribution in [0.2, 0.25) is 0 Å². The van der Waals surface area contributed by atoms with Crippen LogP contribution in [0.3, 0.4) is 0 Å². The summed E-state index contributed by atoms with van der Waals surface area (Å²) in [5.41, 5.74) is 2.45. The molecule has 1 saturated heterocycles. The molecule has 1 fully saturated rings. The lowest BCUT2D eigenvalue weighted by Gasteiger charge is -2.40. The molecule has 2 aliphatic heterocycles. The minimum atomic E-state index is -0.941. The van der Waals surface area contributed by atoms with Crippen LogP contribution in [-0.4, -0.2) is 35.9 Å². The molecule has 0 aromatic heterocycles. The Morgan fingerprint density at radius 1 is 1.42 bits per heavy atom. The van der Waals surface area contributed by atoms with Gasteiger partial charge >= 0.3 is 6.09 Å². The predicted octanol–water partition coefficient (Wildman–Crippen LogP) is 3.66. The van der Waals surface area contributed by atoms with E-state index in [0.29, 0.717) is 0 Å². The minimum absolute atomic E-state index is 0.0318. The van der Waals surface area contributed by atoms with Crippen LogP contribution < -0.4 is 15.0 Å².